The number of nitrogens with one attached hydrogen (secondary N) is 1. The highest BCUT2D eigenvalue weighted by Crippen LogP contribution is 2.29. The van der Waals surface area contributed by atoms with Crippen LogP contribution in [0.3, 0.4) is 0 Å². The molecule has 0 bridgehead atoms. The fourth-order valence-electron chi connectivity index (χ4n) is 1.47. The lowest BCUT2D eigenvalue weighted by Crippen LogP contribution is -2.15. The summed E-state index contributed by atoms with van der Waals surface area (Å²) >= 11 is 0. The number of methoxy groups -OCH3 is 1. The highest BCUT2D eigenvalue weighted by atomic mass is 16.5. The van der Waals surface area contributed by atoms with E-state index in [1.165, 1.54) is 0 Å². The summed E-state index contributed by atoms with van der Waals surface area (Å²) < 4.78 is 10.9. The summed E-state index contributed by atoms with van der Waals surface area (Å²) in [5.41, 5.74) is 0.757. The van der Waals surface area contributed by atoms with E-state index in [9.17, 15) is 5.11 Å². The van der Waals surface area contributed by atoms with E-state index >= 15 is 0 Å². The van der Waals surface area contributed by atoms with Crippen LogP contribution in [0, 0.1) is 0 Å². The first kappa shape index (κ1) is 13.8. The van der Waals surface area contributed by atoms with Gasteiger partial charge in [0.25, 0.3) is 0 Å². The summed E-state index contributed by atoms with van der Waals surface area (Å²) in [6, 6.07) is 5.43. The van der Waals surface area contributed by atoms with Gasteiger partial charge in [0.05, 0.1) is 13.7 Å². The number of aliphatic hydroxyl groups excluding tert-OH is 1. The number of benzene rings is 1. The molecule has 4 heteroatoms. The smallest absolute Gasteiger partial charge is 0.161 e. The monoisotopic (exact) mass is 239 g/mol. The van der Waals surface area contributed by atoms with Gasteiger partial charge in [-0.15, -0.1) is 0 Å². The van der Waals surface area contributed by atoms with E-state index in [0.29, 0.717) is 18.1 Å². The molecule has 0 saturated heterocycles. The lowest BCUT2D eigenvalue weighted by molar-refractivity contribution is 0.148. The van der Waals surface area contributed by atoms with Crippen molar-refractivity contribution in [1.82, 2.24) is 5.32 Å². The summed E-state index contributed by atoms with van der Waals surface area (Å²) in [5, 5.41) is 12.4. The Hall–Kier alpha value is -1.26. The molecule has 1 rings (SSSR count). The minimum Gasteiger partial charge on any atom is -0.493 e. The van der Waals surface area contributed by atoms with Crippen molar-refractivity contribution >= 4 is 0 Å². The van der Waals surface area contributed by atoms with Crippen LogP contribution >= 0.6 is 0 Å². The van der Waals surface area contributed by atoms with Gasteiger partial charge in [0.1, 0.15) is 6.23 Å². The van der Waals surface area contributed by atoms with E-state index in [4.69, 9.17) is 9.47 Å². The molecule has 0 aromatic heterocycles. The fraction of sp³-hybridized carbons (Fsp3) is 0.538. The summed E-state index contributed by atoms with van der Waals surface area (Å²) in [6.07, 6.45) is 1.43. The number of ether oxygens (including phenoxy) is 2. The zero-order chi connectivity index (χ0) is 12.7. The maximum atomic E-state index is 9.65. The highest BCUT2D eigenvalue weighted by Gasteiger charge is 2.10. The molecular weight excluding hydrogens is 218 g/mol. The quantitative estimate of drug-likeness (QED) is 0.565. The van der Waals surface area contributed by atoms with Crippen LogP contribution in [-0.4, -0.2) is 25.9 Å². The molecule has 4 nitrogen and oxygen atoms in total. The van der Waals surface area contributed by atoms with E-state index in [0.717, 1.165) is 18.4 Å². The molecule has 96 valence electrons. The number of unbranched alkanes of at least 4 members (excludes halogenated alkanes) is 1. The molecule has 1 aromatic carbocycles. The molecule has 1 atom stereocenters. The molecule has 0 spiro atoms. The van der Waals surface area contributed by atoms with Crippen molar-refractivity contribution in [3.8, 4) is 11.5 Å². The average Bonchev–Trinajstić information content (AvgIpc) is 2.38. The van der Waals surface area contributed by atoms with Crippen LogP contribution < -0.4 is 14.8 Å². The molecule has 1 unspecified atom stereocenters. The van der Waals surface area contributed by atoms with E-state index in [1.54, 1.807) is 20.2 Å². The van der Waals surface area contributed by atoms with Crippen LogP contribution in [0.15, 0.2) is 18.2 Å². The van der Waals surface area contributed by atoms with Crippen LogP contribution in [0.25, 0.3) is 0 Å². The van der Waals surface area contributed by atoms with Gasteiger partial charge in [-0.2, -0.15) is 0 Å². The Balaban J connectivity index is 2.78. The minimum absolute atomic E-state index is 0.646. The fourth-order valence-corrected chi connectivity index (χ4v) is 1.47. The Labute approximate surface area is 103 Å². The zero-order valence-corrected chi connectivity index (χ0v) is 10.7. The van der Waals surface area contributed by atoms with Crippen LogP contribution in [0.1, 0.15) is 31.6 Å². The second-order valence-electron chi connectivity index (χ2n) is 3.80. The molecule has 17 heavy (non-hydrogen) atoms. The zero-order valence-electron chi connectivity index (χ0n) is 10.7. The lowest BCUT2D eigenvalue weighted by Gasteiger charge is -2.14. The lowest BCUT2D eigenvalue weighted by atomic mass is 10.1. The van der Waals surface area contributed by atoms with Gasteiger partial charge in [0, 0.05) is 0 Å². The first-order chi connectivity index (χ1) is 8.22. The van der Waals surface area contributed by atoms with E-state index < -0.39 is 6.23 Å². The third-order valence-corrected chi connectivity index (χ3v) is 2.53. The largest absolute Gasteiger partial charge is 0.493 e. The molecule has 0 saturated carbocycles. The van der Waals surface area contributed by atoms with Gasteiger partial charge in [0.2, 0.25) is 0 Å². The summed E-state index contributed by atoms with van der Waals surface area (Å²) in [6.45, 7) is 2.80. The highest BCUT2D eigenvalue weighted by molar-refractivity contribution is 5.43. The van der Waals surface area contributed by atoms with E-state index in [1.807, 2.05) is 12.1 Å². The second-order valence-corrected chi connectivity index (χ2v) is 3.80. The molecule has 0 aliphatic heterocycles. The Bertz CT molecular complexity index is 341. The number of hydrogen-bond donors (Lipinski definition) is 2. The molecule has 0 radical (unpaired) electrons. The van der Waals surface area contributed by atoms with Gasteiger partial charge in [-0.25, -0.2) is 0 Å². The Morgan fingerprint density at radius 3 is 2.71 bits per heavy atom. The van der Waals surface area contributed by atoms with Crippen LogP contribution in [0.5, 0.6) is 11.5 Å². The van der Waals surface area contributed by atoms with Crippen molar-refractivity contribution in [1.29, 1.82) is 0 Å². The first-order valence-electron chi connectivity index (χ1n) is 5.89. The average molecular weight is 239 g/mol. The first-order valence-corrected chi connectivity index (χ1v) is 5.89. The standard InChI is InChI=1S/C13H21NO3/c1-4-5-8-17-11-7-6-10(13(15)14-2)9-12(11)16-3/h6-7,9,13-15H,4-5,8H2,1-3H3. The van der Waals surface area contributed by atoms with Crippen molar-refractivity contribution < 1.29 is 14.6 Å². The predicted molar refractivity (Wildman–Crippen MR) is 67.4 cm³/mol. The van der Waals surface area contributed by atoms with Gasteiger partial charge in [-0.1, -0.05) is 19.4 Å². The van der Waals surface area contributed by atoms with Gasteiger partial charge in [0.15, 0.2) is 11.5 Å². The van der Waals surface area contributed by atoms with E-state index in [-0.39, 0.29) is 0 Å². The third-order valence-electron chi connectivity index (χ3n) is 2.53. The van der Waals surface area contributed by atoms with Crippen LogP contribution in [-0.2, 0) is 0 Å². The van der Waals surface area contributed by atoms with Gasteiger partial charge in [-0.05, 0) is 31.2 Å². The molecule has 0 heterocycles. The summed E-state index contributed by atoms with van der Waals surface area (Å²) in [4.78, 5) is 0. The van der Waals surface area contributed by atoms with Crippen molar-refractivity contribution in [2.24, 2.45) is 0 Å². The molecule has 1 aromatic rings. The number of aliphatic hydroxyl groups is 1. The van der Waals surface area contributed by atoms with Crippen molar-refractivity contribution in [2.75, 3.05) is 20.8 Å². The maximum Gasteiger partial charge on any atom is 0.161 e. The Morgan fingerprint density at radius 1 is 1.35 bits per heavy atom. The molecular formula is C13H21NO3. The van der Waals surface area contributed by atoms with Crippen LogP contribution in [0.4, 0.5) is 0 Å². The molecule has 0 aliphatic carbocycles. The molecule has 0 amide bonds. The van der Waals surface area contributed by atoms with Crippen molar-refractivity contribution in [2.45, 2.75) is 26.0 Å². The third kappa shape index (κ3) is 3.91. The Morgan fingerprint density at radius 2 is 2.12 bits per heavy atom. The second kappa shape index (κ2) is 7.14. The van der Waals surface area contributed by atoms with E-state index in [2.05, 4.69) is 12.2 Å². The van der Waals surface area contributed by atoms with Gasteiger partial charge in [-0.3, -0.25) is 5.32 Å². The predicted octanol–water partition coefficient (Wildman–Crippen LogP) is 2.08. The summed E-state index contributed by atoms with van der Waals surface area (Å²) in [7, 11) is 3.29. The number of rotatable bonds is 7. The molecule has 2 N–H and O–H groups in total. The SMILES string of the molecule is CCCCOc1ccc(C(O)NC)cc1OC. The van der Waals surface area contributed by atoms with Crippen molar-refractivity contribution in [3.63, 3.8) is 0 Å². The Kier molecular flexibility index (Phi) is 5.80. The number of hydrogen-bond acceptors (Lipinski definition) is 4. The maximum absolute atomic E-state index is 9.65. The normalized spacial score (nSPS) is 12.2. The van der Waals surface area contributed by atoms with Crippen LogP contribution in [0.2, 0.25) is 0 Å². The van der Waals surface area contributed by atoms with Crippen molar-refractivity contribution in [3.05, 3.63) is 23.8 Å². The summed E-state index contributed by atoms with van der Waals surface area (Å²) in [5.74, 6) is 1.36. The molecule has 0 fully saturated rings. The van der Waals surface area contributed by atoms with Gasteiger partial charge < -0.3 is 14.6 Å². The van der Waals surface area contributed by atoms with Gasteiger partial charge >= 0.3 is 0 Å². The minimum atomic E-state index is -0.686. The topological polar surface area (TPSA) is 50.7 Å². The molecule has 0 aliphatic rings.